The summed E-state index contributed by atoms with van der Waals surface area (Å²) in [5, 5.41) is 3.07. The Morgan fingerprint density at radius 2 is 1.57 bits per heavy atom. The molecule has 5 rings (SSSR count). The summed E-state index contributed by atoms with van der Waals surface area (Å²) in [5.74, 6) is 0.0442. The Labute approximate surface area is 234 Å². The number of piperidine rings is 1. The highest BCUT2D eigenvalue weighted by Gasteiger charge is 2.54. The van der Waals surface area contributed by atoms with Gasteiger partial charge in [0.15, 0.2) is 0 Å². The maximum absolute atomic E-state index is 14.0. The first kappa shape index (κ1) is 27.4. The van der Waals surface area contributed by atoms with Crippen molar-refractivity contribution >= 4 is 17.7 Å². The average molecular weight is 542 g/mol. The first-order chi connectivity index (χ1) is 19.3. The van der Waals surface area contributed by atoms with Crippen LogP contribution in [0.1, 0.15) is 57.7 Å². The Kier molecular flexibility index (Phi) is 7.89. The molecule has 40 heavy (non-hydrogen) atoms. The minimum absolute atomic E-state index is 0.0371. The van der Waals surface area contributed by atoms with E-state index in [0.717, 1.165) is 11.1 Å². The van der Waals surface area contributed by atoms with Crippen LogP contribution in [0.3, 0.4) is 0 Å². The van der Waals surface area contributed by atoms with Gasteiger partial charge in [0.25, 0.3) is 11.8 Å². The lowest BCUT2D eigenvalue weighted by atomic mass is 9.95. The van der Waals surface area contributed by atoms with Gasteiger partial charge in [-0.2, -0.15) is 0 Å². The number of nitrogens with one attached hydrogen (secondary N) is 1. The largest absolute Gasteiger partial charge is 0.497 e. The van der Waals surface area contributed by atoms with Gasteiger partial charge in [-0.15, -0.1) is 0 Å². The Hall–Kier alpha value is -4.17. The van der Waals surface area contributed by atoms with E-state index >= 15 is 0 Å². The normalized spacial score (nSPS) is 18.8. The van der Waals surface area contributed by atoms with Crippen LogP contribution in [0.15, 0.2) is 78.9 Å². The van der Waals surface area contributed by atoms with E-state index in [2.05, 4.69) is 5.32 Å². The van der Waals surface area contributed by atoms with E-state index in [1.54, 1.807) is 41.2 Å². The molecule has 0 aromatic heterocycles. The van der Waals surface area contributed by atoms with Crippen molar-refractivity contribution in [3.63, 3.8) is 0 Å². The smallest absolute Gasteiger partial charge is 0.256 e. The zero-order valence-corrected chi connectivity index (χ0v) is 23.1. The number of ether oxygens (including phenoxy) is 2. The van der Waals surface area contributed by atoms with Crippen molar-refractivity contribution in [2.45, 2.75) is 44.5 Å². The zero-order chi connectivity index (χ0) is 28.3. The molecule has 2 heterocycles. The van der Waals surface area contributed by atoms with Gasteiger partial charge >= 0.3 is 0 Å². The van der Waals surface area contributed by atoms with E-state index in [4.69, 9.17) is 9.47 Å². The number of amides is 3. The van der Waals surface area contributed by atoms with Crippen molar-refractivity contribution in [2.75, 3.05) is 26.8 Å². The second kappa shape index (κ2) is 11.5. The number of carbonyl (C=O) groups is 3. The number of aryl methyl sites for hydroxylation is 1. The first-order valence-corrected chi connectivity index (χ1v) is 13.6. The molecule has 3 aromatic rings. The number of carbonyl (C=O) groups excluding carboxylic acids is 3. The Bertz CT molecular complexity index is 1370. The Morgan fingerprint density at radius 3 is 2.23 bits per heavy atom. The van der Waals surface area contributed by atoms with Crippen LogP contribution >= 0.6 is 0 Å². The summed E-state index contributed by atoms with van der Waals surface area (Å²) < 4.78 is 11.6. The molecule has 0 aliphatic carbocycles. The number of methoxy groups -OCH3 is 1. The highest BCUT2D eigenvalue weighted by molar-refractivity contribution is 5.99. The molecular formula is C32H35N3O5. The fraction of sp³-hybridized carbons (Fsp3) is 0.344. The van der Waals surface area contributed by atoms with Crippen molar-refractivity contribution in [2.24, 2.45) is 0 Å². The Morgan fingerprint density at radius 1 is 0.925 bits per heavy atom. The van der Waals surface area contributed by atoms with E-state index in [9.17, 15) is 14.4 Å². The van der Waals surface area contributed by atoms with Gasteiger partial charge in [0.2, 0.25) is 5.91 Å². The van der Waals surface area contributed by atoms with E-state index in [-0.39, 0.29) is 30.4 Å². The molecule has 2 saturated heterocycles. The second-order valence-electron chi connectivity index (χ2n) is 10.4. The predicted molar refractivity (Wildman–Crippen MR) is 151 cm³/mol. The van der Waals surface area contributed by atoms with Crippen molar-refractivity contribution in [1.82, 2.24) is 15.1 Å². The van der Waals surface area contributed by atoms with Gasteiger partial charge < -0.3 is 19.7 Å². The molecule has 0 radical (unpaired) electrons. The number of rotatable bonds is 6. The second-order valence-corrected chi connectivity index (χ2v) is 10.4. The molecule has 3 amide bonds. The van der Waals surface area contributed by atoms with Crippen LogP contribution in [0.5, 0.6) is 5.75 Å². The van der Waals surface area contributed by atoms with Crippen molar-refractivity contribution < 1.29 is 23.9 Å². The summed E-state index contributed by atoms with van der Waals surface area (Å²) in [5.41, 5.74) is 2.02. The molecule has 2 aliphatic rings. The summed E-state index contributed by atoms with van der Waals surface area (Å²) >= 11 is 0. The monoisotopic (exact) mass is 541 g/mol. The van der Waals surface area contributed by atoms with Gasteiger partial charge in [-0.25, -0.2) is 0 Å². The number of likely N-dealkylation sites (tertiary alicyclic amines) is 1. The fourth-order valence-electron chi connectivity index (χ4n) is 5.62. The third-order valence-corrected chi connectivity index (χ3v) is 7.98. The first-order valence-electron chi connectivity index (χ1n) is 13.6. The fourth-order valence-corrected chi connectivity index (χ4v) is 5.62. The SMILES string of the molecule is COc1ccc(C(=O)N2C(C(=O)NC(C)c3ccccc3)COC23CCN(C(=O)c2ccccc2C)CC3)cc1. The van der Waals surface area contributed by atoms with Gasteiger partial charge in [-0.05, 0) is 55.3 Å². The summed E-state index contributed by atoms with van der Waals surface area (Å²) in [7, 11) is 1.57. The van der Waals surface area contributed by atoms with Gasteiger partial charge in [-0.3, -0.25) is 19.3 Å². The molecule has 1 spiro atoms. The van der Waals surface area contributed by atoms with Crippen LogP contribution < -0.4 is 10.1 Å². The van der Waals surface area contributed by atoms with Gasteiger partial charge in [0, 0.05) is 37.1 Å². The molecular weight excluding hydrogens is 506 g/mol. The van der Waals surface area contributed by atoms with Gasteiger partial charge in [0.1, 0.15) is 17.5 Å². The molecule has 3 aromatic carbocycles. The van der Waals surface area contributed by atoms with E-state index in [1.807, 2.05) is 68.4 Å². The lowest BCUT2D eigenvalue weighted by molar-refractivity contribution is -0.128. The summed E-state index contributed by atoms with van der Waals surface area (Å²) in [4.78, 5) is 44.3. The minimum atomic E-state index is -0.989. The molecule has 2 unspecified atom stereocenters. The van der Waals surface area contributed by atoms with Crippen molar-refractivity contribution in [1.29, 1.82) is 0 Å². The van der Waals surface area contributed by atoms with E-state index < -0.39 is 11.8 Å². The van der Waals surface area contributed by atoms with Crippen LogP contribution in [0.4, 0.5) is 0 Å². The maximum Gasteiger partial charge on any atom is 0.256 e. The molecule has 0 saturated carbocycles. The maximum atomic E-state index is 14.0. The lowest BCUT2D eigenvalue weighted by Crippen LogP contribution is -2.60. The average Bonchev–Trinajstić information content (AvgIpc) is 3.36. The topological polar surface area (TPSA) is 88.2 Å². The van der Waals surface area contributed by atoms with Crippen LogP contribution in [0.2, 0.25) is 0 Å². The minimum Gasteiger partial charge on any atom is -0.497 e. The van der Waals surface area contributed by atoms with Gasteiger partial charge in [0.05, 0.1) is 19.8 Å². The summed E-state index contributed by atoms with van der Waals surface area (Å²) in [6.45, 7) is 4.75. The summed E-state index contributed by atoms with van der Waals surface area (Å²) in [6, 6.07) is 23.0. The number of hydrogen-bond donors (Lipinski definition) is 1. The molecule has 208 valence electrons. The number of hydrogen-bond acceptors (Lipinski definition) is 5. The van der Waals surface area contributed by atoms with Crippen LogP contribution in [-0.4, -0.2) is 66.1 Å². The van der Waals surface area contributed by atoms with Crippen LogP contribution in [-0.2, 0) is 9.53 Å². The highest BCUT2D eigenvalue weighted by atomic mass is 16.5. The third kappa shape index (κ3) is 5.31. The predicted octanol–water partition coefficient (Wildman–Crippen LogP) is 4.35. The van der Waals surface area contributed by atoms with Crippen LogP contribution in [0.25, 0.3) is 0 Å². The molecule has 2 atom stereocenters. The molecule has 8 heteroatoms. The van der Waals surface area contributed by atoms with E-state index in [0.29, 0.717) is 42.8 Å². The van der Waals surface area contributed by atoms with Crippen molar-refractivity contribution in [3.8, 4) is 5.75 Å². The molecule has 0 bridgehead atoms. The number of benzene rings is 3. The van der Waals surface area contributed by atoms with Gasteiger partial charge in [-0.1, -0.05) is 48.5 Å². The van der Waals surface area contributed by atoms with Crippen LogP contribution in [0, 0.1) is 6.92 Å². The molecule has 8 nitrogen and oxygen atoms in total. The standard InChI is InChI=1S/C32H35N3O5/c1-22-9-7-8-12-27(22)31(38)34-19-17-32(18-20-34)35(30(37)25-13-15-26(39-3)16-14-25)28(21-40-32)29(36)33-23(2)24-10-5-4-6-11-24/h4-16,23,28H,17-21H2,1-3H3,(H,33,36). The number of nitrogens with zero attached hydrogens (tertiary/aromatic N) is 2. The lowest BCUT2D eigenvalue weighted by Gasteiger charge is -2.44. The molecule has 2 aliphatic heterocycles. The Balaban J connectivity index is 1.39. The zero-order valence-electron chi connectivity index (χ0n) is 23.1. The third-order valence-electron chi connectivity index (χ3n) is 7.98. The van der Waals surface area contributed by atoms with E-state index in [1.165, 1.54) is 0 Å². The molecule has 2 fully saturated rings. The quantitative estimate of drug-likeness (QED) is 0.501. The molecule has 1 N–H and O–H groups in total. The van der Waals surface area contributed by atoms with Crippen molar-refractivity contribution in [3.05, 3.63) is 101 Å². The highest BCUT2D eigenvalue weighted by Crippen LogP contribution is 2.39. The summed E-state index contributed by atoms with van der Waals surface area (Å²) in [6.07, 6.45) is 0.815.